The van der Waals surface area contributed by atoms with E-state index < -0.39 is 6.17 Å². The molecule has 2 aromatic carbocycles. The van der Waals surface area contributed by atoms with Crippen molar-refractivity contribution >= 4 is 17.8 Å². The largest absolute Gasteiger partial charge is 0.348 e. The fourth-order valence-electron chi connectivity index (χ4n) is 4.53. The third-order valence-corrected chi connectivity index (χ3v) is 6.35. The smallest absolute Gasteiger partial charge is 0.328 e. The Morgan fingerprint density at radius 2 is 1.85 bits per heavy atom. The zero-order valence-corrected chi connectivity index (χ0v) is 18.6. The summed E-state index contributed by atoms with van der Waals surface area (Å²) in [7, 11) is 1.49. The van der Waals surface area contributed by atoms with Gasteiger partial charge >= 0.3 is 6.03 Å². The van der Waals surface area contributed by atoms with Gasteiger partial charge in [0.05, 0.1) is 30.8 Å². The maximum atomic E-state index is 13.1. The monoisotopic (exact) mass is 445 g/mol. The maximum Gasteiger partial charge on any atom is 0.328 e. The van der Waals surface area contributed by atoms with Crippen LogP contribution in [-0.2, 0) is 11.3 Å². The molecular formula is C25H27N5O3. The topological polar surface area (TPSA) is 96.8 Å². The number of hydrogen-bond donors (Lipinski definition) is 1. The molecule has 0 saturated carbocycles. The summed E-state index contributed by atoms with van der Waals surface area (Å²) in [6.45, 7) is 1.51. The molecule has 0 spiro atoms. The van der Waals surface area contributed by atoms with Crippen molar-refractivity contribution in [3.63, 3.8) is 0 Å². The molecule has 1 N–H and O–H groups in total. The van der Waals surface area contributed by atoms with Gasteiger partial charge in [-0.1, -0.05) is 36.4 Å². The molecule has 2 saturated heterocycles. The summed E-state index contributed by atoms with van der Waals surface area (Å²) in [4.78, 5) is 43.2. The van der Waals surface area contributed by atoms with Crippen LogP contribution in [0.2, 0.25) is 0 Å². The van der Waals surface area contributed by atoms with Gasteiger partial charge in [-0.05, 0) is 36.6 Å². The van der Waals surface area contributed by atoms with Crippen LogP contribution < -0.4 is 5.32 Å². The van der Waals surface area contributed by atoms with Gasteiger partial charge in [-0.2, -0.15) is 5.26 Å². The highest BCUT2D eigenvalue weighted by molar-refractivity contribution is 5.97. The highest BCUT2D eigenvalue weighted by Gasteiger charge is 2.41. The quantitative estimate of drug-likeness (QED) is 0.763. The minimum absolute atomic E-state index is 0.0791. The van der Waals surface area contributed by atoms with E-state index in [1.54, 1.807) is 29.2 Å². The first-order chi connectivity index (χ1) is 16.0. The van der Waals surface area contributed by atoms with Crippen LogP contribution in [0.5, 0.6) is 0 Å². The van der Waals surface area contributed by atoms with Crippen molar-refractivity contribution in [2.45, 2.75) is 38.0 Å². The number of carbonyl (C=O) groups is 3. The molecule has 2 atom stereocenters. The fraction of sp³-hybridized carbons (Fsp3) is 0.360. The molecule has 0 bridgehead atoms. The minimum Gasteiger partial charge on any atom is -0.348 e. The Bertz CT molecular complexity index is 1080. The van der Waals surface area contributed by atoms with Crippen molar-refractivity contribution in [2.75, 3.05) is 20.1 Å². The molecule has 2 fully saturated rings. The van der Waals surface area contributed by atoms with Crippen molar-refractivity contribution in [1.82, 2.24) is 20.0 Å². The Balaban J connectivity index is 1.52. The lowest BCUT2D eigenvalue weighted by atomic mass is 10.0. The van der Waals surface area contributed by atoms with E-state index in [4.69, 9.17) is 0 Å². The van der Waals surface area contributed by atoms with E-state index in [-0.39, 0.29) is 36.9 Å². The van der Waals surface area contributed by atoms with Crippen LogP contribution in [0.25, 0.3) is 0 Å². The molecule has 2 heterocycles. The van der Waals surface area contributed by atoms with Crippen LogP contribution in [0.3, 0.4) is 0 Å². The normalized spacial score (nSPS) is 21.6. The number of piperidine rings is 1. The number of hydrogen-bond acceptors (Lipinski definition) is 5. The molecule has 2 aliphatic heterocycles. The third kappa shape index (κ3) is 4.89. The first-order valence-electron chi connectivity index (χ1n) is 11.1. The molecular weight excluding hydrogens is 418 g/mol. The molecule has 4 rings (SSSR count). The van der Waals surface area contributed by atoms with Crippen molar-refractivity contribution in [3.05, 3.63) is 71.3 Å². The van der Waals surface area contributed by atoms with Crippen LogP contribution >= 0.6 is 0 Å². The first-order valence-corrected chi connectivity index (χ1v) is 11.1. The standard InChI is InChI=1S/C25H27N5O3/c1-28-23(31)14-22(30(25(28)33)16-20-11-6-5-10-19(20)15-26)29-13-7-12-21(17-29)27-24(32)18-8-3-2-4-9-18/h2-6,8-11,21-22H,7,12-14,16-17H2,1H3,(H,27,32)/t21-,22?/m0/s1. The van der Waals surface area contributed by atoms with Crippen molar-refractivity contribution in [1.29, 1.82) is 5.26 Å². The predicted octanol–water partition coefficient (Wildman–Crippen LogP) is 2.56. The highest BCUT2D eigenvalue weighted by atomic mass is 16.2. The lowest BCUT2D eigenvalue weighted by molar-refractivity contribution is -0.135. The van der Waals surface area contributed by atoms with Crippen LogP contribution in [0.15, 0.2) is 54.6 Å². The van der Waals surface area contributed by atoms with Crippen LogP contribution in [0.1, 0.15) is 40.7 Å². The molecule has 4 amide bonds. The number of urea groups is 1. The van der Waals surface area contributed by atoms with Gasteiger partial charge in [-0.25, -0.2) is 4.79 Å². The molecule has 0 radical (unpaired) electrons. The molecule has 2 aliphatic rings. The van der Waals surface area contributed by atoms with E-state index in [2.05, 4.69) is 16.3 Å². The molecule has 8 nitrogen and oxygen atoms in total. The summed E-state index contributed by atoms with van der Waals surface area (Å²) < 4.78 is 0. The predicted molar refractivity (Wildman–Crippen MR) is 122 cm³/mol. The third-order valence-electron chi connectivity index (χ3n) is 6.35. The lowest BCUT2D eigenvalue weighted by Crippen LogP contribution is -2.63. The number of likely N-dealkylation sites (tertiary alicyclic amines) is 1. The maximum absolute atomic E-state index is 13.1. The van der Waals surface area contributed by atoms with E-state index in [1.807, 2.05) is 30.3 Å². The van der Waals surface area contributed by atoms with Gasteiger partial charge in [0.15, 0.2) is 0 Å². The Kier molecular flexibility index (Phi) is 6.71. The van der Waals surface area contributed by atoms with E-state index in [1.165, 1.54) is 7.05 Å². The Morgan fingerprint density at radius 3 is 2.61 bits per heavy atom. The number of rotatable bonds is 5. The van der Waals surface area contributed by atoms with E-state index in [0.29, 0.717) is 17.7 Å². The molecule has 2 aromatic rings. The van der Waals surface area contributed by atoms with Crippen LogP contribution in [0.4, 0.5) is 4.79 Å². The Hall–Kier alpha value is -3.70. The van der Waals surface area contributed by atoms with Crippen molar-refractivity contribution < 1.29 is 14.4 Å². The molecule has 0 aliphatic carbocycles. The molecule has 1 unspecified atom stereocenters. The van der Waals surface area contributed by atoms with E-state index in [9.17, 15) is 19.6 Å². The second-order valence-corrected chi connectivity index (χ2v) is 8.49. The number of amides is 4. The van der Waals surface area contributed by atoms with Gasteiger partial charge in [0.25, 0.3) is 5.91 Å². The molecule has 8 heteroatoms. The highest BCUT2D eigenvalue weighted by Crippen LogP contribution is 2.26. The SMILES string of the molecule is CN1C(=O)CC(N2CCC[C@H](NC(=O)c3ccccc3)C2)N(Cc2ccccc2C#N)C1=O. The Morgan fingerprint density at radius 1 is 1.12 bits per heavy atom. The second-order valence-electron chi connectivity index (χ2n) is 8.49. The van der Waals surface area contributed by atoms with Gasteiger partial charge in [0.1, 0.15) is 0 Å². The number of carbonyl (C=O) groups excluding carboxylic acids is 3. The average molecular weight is 446 g/mol. The van der Waals surface area contributed by atoms with Gasteiger partial charge in [-0.3, -0.25) is 19.4 Å². The summed E-state index contributed by atoms with van der Waals surface area (Å²) >= 11 is 0. The molecule has 0 aromatic heterocycles. The fourth-order valence-corrected chi connectivity index (χ4v) is 4.53. The number of benzene rings is 2. The summed E-state index contributed by atoms with van der Waals surface area (Å²) in [5.41, 5.74) is 1.86. The van der Waals surface area contributed by atoms with Gasteiger partial charge in [0.2, 0.25) is 5.91 Å². The zero-order valence-electron chi connectivity index (χ0n) is 18.6. The Labute approximate surface area is 193 Å². The number of nitriles is 1. The first kappa shape index (κ1) is 22.5. The van der Waals surface area contributed by atoms with Gasteiger partial charge < -0.3 is 10.2 Å². The van der Waals surface area contributed by atoms with Crippen LogP contribution in [0, 0.1) is 11.3 Å². The summed E-state index contributed by atoms with van der Waals surface area (Å²) in [6, 6.07) is 18.0. The number of nitrogens with one attached hydrogen (secondary N) is 1. The van der Waals surface area contributed by atoms with Gasteiger partial charge in [0, 0.05) is 31.7 Å². The average Bonchev–Trinajstić information content (AvgIpc) is 2.85. The van der Waals surface area contributed by atoms with E-state index in [0.717, 1.165) is 29.8 Å². The molecule has 170 valence electrons. The van der Waals surface area contributed by atoms with Crippen molar-refractivity contribution in [3.8, 4) is 6.07 Å². The lowest BCUT2D eigenvalue weighted by Gasteiger charge is -2.47. The number of imide groups is 1. The van der Waals surface area contributed by atoms with Crippen molar-refractivity contribution in [2.24, 2.45) is 0 Å². The van der Waals surface area contributed by atoms with E-state index >= 15 is 0 Å². The summed E-state index contributed by atoms with van der Waals surface area (Å²) in [5.74, 6) is -0.358. The van der Waals surface area contributed by atoms with Gasteiger partial charge in [-0.15, -0.1) is 0 Å². The summed E-state index contributed by atoms with van der Waals surface area (Å²) in [5, 5.41) is 12.6. The zero-order chi connectivity index (χ0) is 23.4. The minimum atomic E-state index is -0.427. The second kappa shape index (κ2) is 9.84. The van der Waals surface area contributed by atoms with Crippen LogP contribution in [-0.4, -0.2) is 64.9 Å². The molecule has 33 heavy (non-hydrogen) atoms. The number of nitrogens with zero attached hydrogens (tertiary/aromatic N) is 4. The summed E-state index contributed by atoms with van der Waals surface area (Å²) in [6.07, 6.45) is 1.43.